The number of hydrogen-bond donors (Lipinski definition) is 0. The van der Waals surface area contributed by atoms with Gasteiger partial charge in [-0.1, -0.05) is 18.2 Å². The van der Waals surface area contributed by atoms with E-state index in [4.69, 9.17) is 4.74 Å². The van der Waals surface area contributed by atoms with E-state index in [1.807, 2.05) is 6.07 Å². The average molecular weight is 353 g/mol. The molecule has 0 aliphatic carbocycles. The Morgan fingerprint density at radius 1 is 1.12 bits per heavy atom. The topological polar surface area (TPSA) is 49.9 Å². The van der Waals surface area contributed by atoms with Crippen molar-refractivity contribution in [2.75, 3.05) is 57.9 Å². The van der Waals surface area contributed by atoms with Gasteiger partial charge in [0.15, 0.2) is 0 Å². The molecule has 2 heterocycles. The number of rotatable bonds is 5. The minimum atomic E-state index is -2.86. The largest absolute Gasteiger partial charge is 0.493 e. The Bertz CT molecular complexity index is 639. The highest BCUT2D eigenvalue weighted by atomic mass is 32.2. The van der Waals surface area contributed by atoms with Gasteiger partial charge >= 0.3 is 0 Å². The Balaban J connectivity index is 1.46. The summed E-state index contributed by atoms with van der Waals surface area (Å²) in [5.74, 6) is 1.95. The van der Waals surface area contributed by atoms with Crippen molar-refractivity contribution < 1.29 is 13.2 Å². The Morgan fingerprint density at radius 2 is 1.83 bits per heavy atom. The number of hydrogen-bond acceptors (Lipinski definition) is 5. The zero-order valence-corrected chi connectivity index (χ0v) is 15.3. The lowest BCUT2D eigenvalue weighted by molar-refractivity contribution is 0.118. The Morgan fingerprint density at radius 3 is 2.58 bits per heavy atom. The van der Waals surface area contributed by atoms with E-state index >= 15 is 0 Å². The van der Waals surface area contributed by atoms with E-state index < -0.39 is 9.84 Å². The molecule has 1 aromatic carbocycles. The Hall–Kier alpha value is -1.11. The van der Waals surface area contributed by atoms with Crippen LogP contribution in [0.4, 0.5) is 0 Å². The van der Waals surface area contributed by atoms with Crippen molar-refractivity contribution in [2.45, 2.75) is 12.8 Å². The Labute approximate surface area is 145 Å². The molecular formula is C18H28N2O3S. The molecule has 0 bridgehead atoms. The molecule has 0 saturated carbocycles. The molecule has 134 valence electrons. The summed E-state index contributed by atoms with van der Waals surface area (Å²) in [5, 5.41) is 0. The van der Waals surface area contributed by atoms with Gasteiger partial charge in [0, 0.05) is 45.5 Å². The average Bonchev–Trinajstić information content (AvgIpc) is 2.75. The summed E-state index contributed by atoms with van der Waals surface area (Å²) in [6.45, 7) is 6.57. The molecular weight excluding hydrogens is 324 g/mol. The van der Waals surface area contributed by atoms with Crippen LogP contribution in [0.2, 0.25) is 0 Å². The van der Waals surface area contributed by atoms with Gasteiger partial charge in [-0.2, -0.15) is 0 Å². The second kappa shape index (κ2) is 7.85. The molecule has 5 nitrogen and oxygen atoms in total. The van der Waals surface area contributed by atoms with Crippen LogP contribution in [0.15, 0.2) is 24.3 Å². The highest BCUT2D eigenvalue weighted by molar-refractivity contribution is 7.90. The predicted molar refractivity (Wildman–Crippen MR) is 96.3 cm³/mol. The molecule has 2 aliphatic rings. The van der Waals surface area contributed by atoms with Crippen LogP contribution in [0, 0.1) is 5.92 Å². The van der Waals surface area contributed by atoms with Crippen LogP contribution in [-0.2, 0) is 16.3 Å². The zero-order chi connectivity index (χ0) is 17.0. The molecule has 6 heteroatoms. The molecule has 1 aromatic rings. The van der Waals surface area contributed by atoms with Crippen LogP contribution in [-0.4, -0.2) is 76.1 Å². The molecule has 0 radical (unpaired) electrons. The van der Waals surface area contributed by atoms with E-state index in [0.29, 0.717) is 12.5 Å². The molecule has 1 fully saturated rings. The van der Waals surface area contributed by atoms with Gasteiger partial charge in [-0.15, -0.1) is 0 Å². The van der Waals surface area contributed by atoms with E-state index in [0.717, 1.165) is 57.9 Å². The summed E-state index contributed by atoms with van der Waals surface area (Å²) in [7, 11) is -2.86. The van der Waals surface area contributed by atoms with E-state index in [2.05, 4.69) is 28.0 Å². The highest BCUT2D eigenvalue weighted by Gasteiger charge is 2.23. The van der Waals surface area contributed by atoms with Crippen LogP contribution < -0.4 is 4.74 Å². The summed E-state index contributed by atoms with van der Waals surface area (Å²) < 4.78 is 28.4. The van der Waals surface area contributed by atoms with Gasteiger partial charge in [0.05, 0.1) is 12.4 Å². The molecule has 1 saturated heterocycles. The number of ether oxygens (including phenoxy) is 1. The van der Waals surface area contributed by atoms with Gasteiger partial charge in [0.2, 0.25) is 0 Å². The molecule has 0 unspecified atom stereocenters. The summed E-state index contributed by atoms with van der Waals surface area (Å²) in [5.41, 5.74) is 1.33. The summed E-state index contributed by atoms with van der Waals surface area (Å²) in [4.78, 5) is 4.79. The van der Waals surface area contributed by atoms with Crippen LogP contribution >= 0.6 is 0 Å². The summed E-state index contributed by atoms with van der Waals surface area (Å²) in [6, 6.07) is 8.37. The van der Waals surface area contributed by atoms with Crippen LogP contribution in [0.25, 0.3) is 0 Å². The van der Waals surface area contributed by atoms with E-state index in [9.17, 15) is 8.42 Å². The fourth-order valence-corrected chi connectivity index (χ4v) is 4.16. The minimum Gasteiger partial charge on any atom is -0.493 e. The van der Waals surface area contributed by atoms with Crippen molar-refractivity contribution in [1.29, 1.82) is 0 Å². The number of piperazine rings is 1. The van der Waals surface area contributed by atoms with Gasteiger partial charge < -0.3 is 9.64 Å². The third kappa shape index (κ3) is 5.19. The maximum atomic E-state index is 11.3. The second-order valence-corrected chi connectivity index (χ2v) is 9.35. The summed E-state index contributed by atoms with van der Waals surface area (Å²) >= 11 is 0. The maximum Gasteiger partial charge on any atom is 0.148 e. The van der Waals surface area contributed by atoms with Crippen molar-refractivity contribution in [1.82, 2.24) is 9.80 Å². The van der Waals surface area contributed by atoms with Crippen molar-refractivity contribution in [3.8, 4) is 5.75 Å². The molecule has 0 N–H and O–H groups in total. The van der Waals surface area contributed by atoms with Crippen LogP contribution in [0.3, 0.4) is 0 Å². The lowest BCUT2D eigenvalue weighted by Crippen LogP contribution is -2.48. The van der Waals surface area contributed by atoms with Crippen molar-refractivity contribution in [2.24, 2.45) is 5.92 Å². The van der Waals surface area contributed by atoms with E-state index in [1.165, 1.54) is 11.8 Å². The van der Waals surface area contributed by atoms with Gasteiger partial charge in [-0.25, -0.2) is 8.42 Å². The van der Waals surface area contributed by atoms with Gasteiger partial charge in [0.25, 0.3) is 0 Å². The number of sulfone groups is 1. The molecule has 2 aliphatic heterocycles. The van der Waals surface area contributed by atoms with Crippen LogP contribution in [0.5, 0.6) is 5.75 Å². The normalized spacial score (nSPS) is 23.3. The van der Waals surface area contributed by atoms with E-state index in [-0.39, 0.29) is 5.75 Å². The van der Waals surface area contributed by atoms with Gasteiger partial charge in [-0.05, 0) is 30.4 Å². The lowest BCUT2D eigenvalue weighted by Gasteiger charge is -2.36. The molecule has 0 aromatic heterocycles. The first-order valence-corrected chi connectivity index (χ1v) is 10.9. The molecule has 3 rings (SSSR count). The minimum absolute atomic E-state index is 0.268. The molecule has 0 spiro atoms. The fraction of sp³-hybridized carbons (Fsp3) is 0.667. The third-order valence-corrected chi connectivity index (χ3v) is 5.95. The van der Waals surface area contributed by atoms with Crippen molar-refractivity contribution in [3.63, 3.8) is 0 Å². The first-order valence-electron chi connectivity index (χ1n) is 8.83. The second-order valence-electron chi connectivity index (χ2n) is 7.09. The molecule has 24 heavy (non-hydrogen) atoms. The lowest BCUT2D eigenvalue weighted by atomic mass is 9.96. The van der Waals surface area contributed by atoms with Crippen LogP contribution in [0.1, 0.15) is 12.0 Å². The van der Waals surface area contributed by atoms with Crippen molar-refractivity contribution >= 4 is 9.84 Å². The molecule has 0 amide bonds. The predicted octanol–water partition coefficient (Wildman–Crippen LogP) is 1.29. The number of fused-ring (bicyclic) bond motifs is 1. The van der Waals surface area contributed by atoms with E-state index in [1.54, 1.807) is 0 Å². The smallest absolute Gasteiger partial charge is 0.148 e. The third-order valence-electron chi connectivity index (χ3n) is 5.02. The fourth-order valence-electron chi connectivity index (χ4n) is 3.57. The number of para-hydroxylation sites is 1. The quantitative estimate of drug-likeness (QED) is 0.799. The zero-order valence-electron chi connectivity index (χ0n) is 14.5. The van der Waals surface area contributed by atoms with Gasteiger partial charge in [-0.3, -0.25) is 4.90 Å². The van der Waals surface area contributed by atoms with Gasteiger partial charge in [0.1, 0.15) is 15.6 Å². The Kier molecular flexibility index (Phi) is 5.79. The number of nitrogens with zero attached hydrogens (tertiary/aromatic N) is 2. The standard InChI is InChI=1S/C18H28N2O3S/c1-24(21,22)13-11-19-7-9-20(10-8-19)15-16-6-12-23-18-5-3-2-4-17(18)14-16/h2-5,16H,6-15H2,1H3/t16-/m0/s1. The first kappa shape index (κ1) is 17.7. The SMILES string of the molecule is CS(=O)(=O)CCN1CCN(C[C@H]2CCOc3ccccc3C2)CC1. The highest BCUT2D eigenvalue weighted by Crippen LogP contribution is 2.27. The maximum absolute atomic E-state index is 11.3. The number of benzene rings is 1. The van der Waals surface area contributed by atoms with Crippen molar-refractivity contribution in [3.05, 3.63) is 29.8 Å². The first-order chi connectivity index (χ1) is 11.5. The summed E-state index contributed by atoms with van der Waals surface area (Å²) in [6.07, 6.45) is 3.50. The molecule has 1 atom stereocenters. The monoisotopic (exact) mass is 352 g/mol.